The third-order valence-electron chi connectivity index (χ3n) is 3.24. The Bertz CT molecular complexity index is 736. The van der Waals surface area contributed by atoms with E-state index in [-0.39, 0.29) is 0 Å². The normalized spacial score (nSPS) is 25.8. The van der Waals surface area contributed by atoms with Crippen molar-refractivity contribution in [2.75, 3.05) is 14.2 Å². The van der Waals surface area contributed by atoms with Crippen molar-refractivity contribution in [3.63, 3.8) is 0 Å². The molecule has 0 atom stereocenters. The quantitative estimate of drug-likeness (QED) is 0.295. The SMILES string of the molecule is COC1=C(OC)SC(=C2SC3=C(S2)SC(=C2SC4=C(S2)[Se]CC[Se]4)S3)S1. The summed E-state index contributed by atoms with van der Waals surface area (Å²) in [5.74, 6) is 0. The first-order valence-corrected chi connectivity index (χ1v) is 17.9. The molecule has 0 fully saturated rings. The van der Waals surface area contributed by atoms with Crippen LogP contribution in [0.4, 0.5) is 0 Å². The number of hydrogen-bond acceptors (Lipinski definition) is 10. The van der Waals surface area contributed by atoms with Gasteiger partial charge in [-0.15, -0.1) is 0 Å². The van der Waals surface area contributed by atoms with Gasteiger partial charge in [-0.2, -0.15) is 0 Å². The van der Waals surface area contributed by atoms with E-state index in [2.05, 4.69) is 23.5 Å². The molecule has 0 saturated carbocycles. The summed E-state index contributed by atoms with van der Waals surface area (Å²) in [6.45, 7) is 0. The number of hydrogen-bond donors (Lipinski definition) is 0. The van der Waals surface area contributed by atoms with Gasteiger partial charge in [-0.25, -0.2) is 0 Å². The van der Waals surface area contributed by atoms with Gasteiger partial charge in [-0.05, 0) is 0 Å². The van der Waals surface area contributed by atoms with Gasteiger partial charge in [0.05, 0.1) is 14.2 Å². The minimum atomic E-state index is 0.739. The van der Waals surface area contributed by atoms with E-state index < -0.39 is 0 Å². The van der Waals surface area contributed by atoms with E-state index in [4.69, 9.17) is 9.47 Å². The zero-order chi connectivity index (χ0) is 17.7. The molecule has 0 unspecified atom stereocenters. The number of rotatable bonds is 2. The Hall–Kier alpha value is 2.14. The van der Waals surface area contributed by atoms with Crippen molar-refractivity contribution in [3.05, 3.63) is 43.2 Å². The fraction of sp³-hybridized carbons (Fsp3) is 0.286. The van der Waals surface area contributed by atoms with Crippen molar-refractivity contribution in [2.45, 2.75) is 10.6 Å². The van der Waals surface area contributed by atoms with E-state index in [1.807, 2.05) is 47.0 Å². The summed E-state index contributed by atoms with van der Waals surface area (Å²) in [7, 11) is 3.42. The molecule has 2 nitrogen and oxygen atoms in total. The molecule has 5 heterocycles. The van der Waals surface area contributed by atoms with Crippen LogP contribution in [0.5, 0.6) is 0 Å². The van der Waals surface area contributed by atoms with Crippen molar-refractivity contribution < 1.29 is 9.47 Å². The van der Waals surface area contributed by atoms with Gasteiger partial charge < -0.3 is 0 Å². The molecular formula is C14H10O2S8Se2. The third-order valence-corrected chi connectivity index (χ3v) is 23.1. The monoisotopic (exact) mass is 626 g/mol. The molecule has 0 aliphatic carbocycles. The summed E-state index contributed by atoms with van der Waals surface area (Å²) < 4.78 is 23.0. The molecule has 0 aromatic rings. The molecule has 5 rings (SSSR count). The Morgan fingerprint density at radius 1 is 0.538 bits per heavy atom. The Balaban J connectivity index is 1.27. The maximum absolute atomic E-state index is 5.43. The van der Waals surface area contributed by atoms with Crippen LogP contribution in [0.1, 0.15) is 0 Å². The van der Waals surface area contributed by atoms with Gasteiger partial charge in [-0.3, -0.25) is 0 Å². The Morgan fingerprint density at radius 2 is 0.885 bits per heavy atom. The van der Waals surface area contributed by atoms with Crippen molar-refractivity contribution in [3.8, 4) is 0 Å². The number of thioether (sulfide) groups is 8. The predicted molar refractivity (Wildman–Crippen MR) is 131 cm³/mol. The third kappa shape index (κ3) is 3.89. The summed E-state index contributed by atoms with van der Waals surface area (Å²) in [5.41, 5.74) is 0. The fourth-order valence-corrected chi connectivity index (χ4v) is 22.6. The molecule has 138 valence electrons. The Labute approximate surface area is 199 Å². The summed E-state index contributed by atoms with van der Waals surface area (Å²) in [6.07, 6.45) is 0. The van der Waals surface area contributed by atoms with Crippen molar-refractivity contribution in [1.29, 1.82) is 0 Å². The Morgan fingerprint density at radius 3 is 1.27 bits per heavy atom. The first kappa shape index (κ1) is 20.1. The molecule has 0 saturated heterocycles. The minimum absolute atomic E-state index is 0.739. The molecule has 26 heavy (non-hydrogen) atoms. The van der Waals surface area contributed by atoms with Crippen LogP contribution in [-0.2, 0) is 9.47 Å². The number of ether oxygens (including phenoxy) is 2. The topological polar surface area (TPSA) is 18.5 Å². The molecule has 5 aliphatic heterocycles. The van der Waals surface area contributed by atoms with Gasteiger partial charge in [0.2, 0.25) is 0 Å². The van der Waals surface area contributed by atoms with Gasteiger partial charge >= 0.3 is 187 Å². The second-order valence-electron chi connectivity index (χ2n) is 4.80. The fourth-order valence-electron chi connectivity index (χ4n) is 2.16. The van der Waals surface area contributed by atoms with Crippen molar-refractivity contribution in [1.82, 2.24) is 0 Å². The van der Waals surface area contributed by atoms with Crippen LogP contribution >= 0.6 is 94.1 Å². The van der Waals surface area contributed by atoms with Crippen LogP contribution in [0, 0.1) is 0 Å². The predicted octanol–water partition coefficient (Wildman–Crippen LogP) is 7.09. The molecule has 0 amide bonds. The van der Waals surface area contributed by atoms with Crippen LogP contribution in [0.2, 0.25) is 10.6 Å². The van der Waals surface area contributed by atoms with Crippen LogP contribution in [0.25, 0.3) is 0 Å². The second kappa shape index (κ2) is 8.71. The van der Waals surface area contributed by atoms with Gasteiger partial charge in [0, 0.05) is 0 Å². The van der Waals surface area contributed by atoms with E-state index in [9.17, 15) is 0 Å². The average Bonchev–Trinajstić information content (AvgIpc) is 3.39. The van der Waals surface area contributed by atoms with E-state index in [1.165, 1.54) is 31.8 Å². The first-order valence-electron chi connectivity index (χ1n) is 7.23. The van der Waals surface area contributed by atoms with Gasteiger partial charge in [-0.1, -0.05) is 0 Å². The summed E-state index contributed by atoms with van der Waals surface area (Å²) in [5, 5.41) is 4.65. The molecule has 0 bridgehead atoms. The standard InChI is InChI=1S/C14H10O2S8Se2/c1-15-5-6(16-2)18-7(17-5)8-19-9-10(20-8)22-11(21-9)12-23-13-14(24-12)26-4-3-25-13/h3-4H2,1-2H3. The summed E-state index contributed by atoms with van der Waals surface area (Å²) in [4.78, 5) is 0. The molecule has 12 heteroatoms. The molecule has 0 radical (unpaired) electrons. The van der Waals surface area contributed by atoms with Gasteiger partial charge in [0.1, 0.15) is 0 Å². The average molecular weight is 625 g/mol. The van der Waals surface area contributed by atoms with E-state index in [0.29, 0.717) is 0 Å². The molecular weight excluding hydrogens is 615 g/mol. The van der Waals surface area contributed by atoms with Crippen LogP contribution in [0.3, 0.4) is 0 Å². The number of methoxy groups -OCH3 is 2. The van der Waals surface area contributed by atoms with E-state index in [0.717, 1.165) is 40.1 Å². The van der Waals surface area contributed by atoms with Crippen LogP contribution in [-0.4, -0.2) is 44.1 Å². The van der Waals surface area contributed by atoms with Gasteiger partial charge in [0.25, 0.3) is 0 Å². The Kier molecular flexibility index (Phi) is 6.72. The van der Waals surface area contributed by atoms with Crippen molar-refractivity contribution in [2.24, 2.45) is 0 Å². The van der Waals surface area contributed by atoms with Crippen LogP contribution in [0.15, 0.2) is 43.2 Å². The van der Waals surface area contributed by atoms with Gasteiger partial charge in [0.15, 0.2) is 0 Å². The molecule has 0 aromatic heterocycles. The molecule has 0 N–H and O–H groups in total. The molecule has 0 aromatic carbocycles. The van der Waals surface area contributed by atoms with Crippen LogP contribution < -0.4 is 0 Å². The summed E-state index contributed by atoms with van der Waals surface area (Å²) in [6, 6.07) is 0. The van der Waals surface area contributed by atoms with Crippen molar-refractivity contribution >= 4 is 124 Å². The zero-order valence-corrected chi connectivity index (χ0v) is 23.3. The van der Waals surface area contributed by atoms with E-state index in [1.54, 1.807) is 49.6 Å². The second-order valence-corrected chi connectivity index (χ2v) is 20.2. The first-order chi connectivity index (χ1) is 12.7. The summed E-state index contributed by atoms with van der Waals surface area (Å²) >= 11 is 16.8. The zero-order valence-electron chi connectivity index (χ0n) is 13.3. The maximum atomic E-state index is 5.43. The van der Waals surface area contributed by atoms with E-state index >= 15 is 0 Å². The molecule has 0 spiro atoms. The molecule has 5 aliphatic rings.